The fourth-order valence-corrected chi connectivity index (χ4v) is 4.50. The van der Waals surface area contributed by atoms with Crippen molar-refractivity contribution in [2.45, 2.75) is 38.6 Å². The summed E-state index contributed by atoms with van der Waals surface area (Å²) in [6, 6.07) is 16.4. The zero-order valence-corrected chi connectivity index (χ0v) is 19.6. The molecule has 6 nitrogen and oxygen atoms in total. The first-order valence-electron chi connectivity index (χ1n) is 11.4. The van der Waals surface area contributed by atoms with Crippen LogP contribution < -0.4 is 10.2 Å². The molecule has 172 valence electrons. The highest BCUT2D eigenvalue weighted by Gasteiger charge is 2.29. The molecule has 0 unspecified atom stereocenters. The molecule has 2 heterocycles. The number of anilines is 1. The third kappa shape index (κ3) is 5.52. The van der Waals surface area contributed by atoms with Gasteiger partial charge in [-0.1, -0.05) is 48.0 Å². The quantitative estimate of drug-likeness (QED) is 0.520. The second kappa shape index (κ2) is 10.8. The lowest BCUT2D eigenvalue weighted by molar-refractivity contribution is 0.0943. The summed E-state index contributed by atoms with van der Waals surface area (Å²) < 4.78 is 0. The number of nitrogens with zero attached hydrogens (tertiary/aromatic N) is 3. The van der Waals surface area contributed by atoms with E-state index in [4.69, 9.17) is 21.7 Å². The van der Waals surface area contributed by atoms with E-state index in [-0.39, 0.29) is 25.1 Å². The van der Waals surface area contributed by atoms with Crippen molar-refractivity contribution in [2.24, 2.45) is 0 Å². The first kappa shape index (κ1) is 23.2. The third-order valence-electron chi connectivity index (χ3n) is 6.15. The number of hydrogen-bond acceptors (Lipinski definition) is 5. The molecule has 0 bridgehead atoms. The summed E-state index contributed by atoms with van der Waals surface area (Å²) >= 11 is 6.08. The standard InChI is InChI=1S/C26H29ClN4O2/c1-18-5-2-3-6-19(18)10-13-23-22(25(33)28-14-16-32)17-29-26(30-23)31-15-4-7-24(31)20-8-11-21(27)12-9-20/h2-3,5-6,8-9,11-12,17,24,32H,4,7,10,13-16H2,1H3,(H,28,33)/t24-/m1/s1. The highest BCUT2D eigenvalue weighted by Crippen LogP contribution is 2.35. The molecule has 1 atom stereocenters. The van der Waals surface area contributed by atoms with Gasteiger partial charge in [-0.25, -0.2) is 9.97 Å². The molecule has 0 spiro atoms. The van der Waals surface area contributed by atoms with Crippen LogP contribution in [0.1, 0.15) is 51.6 Å². The SMILES string of the molecule is Cc1ccccc1CCc1nc(N2CCC[C@@H]2c2ccc(Cl)cc2)ncc1C(=O)NCCO. The van der Waals surface area contributed by atoms with Crippen LogP contribution in [-0.2, 0) is 12.8 Å². The monoisotopic (exact) mass is 464 g/mol. The van der Waals surface area contributed by atoms with E-state index in [1.54, 1.807) is 6.20 Å². The maximum absolute atomic E-state index is 12.7. The number of aryl methyl sites for hydroxylation is 3. The number of aliphatic hydroxyl groups excluding tert-OH is 1. The van der Waals surface area contributed by atoms with Gasteiger partial charge in [-0.2, -0.15) is 0 Å². The number of aliphatic hydroxyl groups is 1. The van der Waals surface area contributed by atoms with E-state index in [2.05, 4.69) is 46.4 Å². The lowest BCUT2D eigenvalue weighted by Crippen LogP contribution is -2.29. The predicted octanol–water partition coefficient (Wildman–Crippen LogP) is 4.29. The molecule has 0 aliphatic carbocycles. The number of rotatable bonds is 8. The summed E-state index contributed by atoms with van der Waals surface area (Å²) in [5.74, 6) is 0.386. The van der Waals surface area contributed by atoms with Crippen molar-refractivity contribution in [1.82, 2.24) is 15.3 Å². The van der Waals surface area contributed by atoms with Crippen LogP contribution in [0.4, 0.5) is 5.95 Å². The molecule has 1 aliphatic heterocycles. The minimum atomic E-state index is -0.258. The molecule has 33 heavy (non-hydrogen) atoms. The lowest BCUT2D eigenvalue weighted by Gasteiger charge is -2.26. The Morgan fingerprint density at radius 3 is 2.73 bits per heavy atom. The molecule has 7 heteroatoms. The highest BCUT2D eigenvalue weighted by molar-refractivity contribution is 6.30. The molecule has 0 radical (unpaired) electrons. The van der Waals surface area contributed by atoms with Gasteiger partial charge in [-0.15, -0.1) is 0 Å². The van der Waals surface area contributed by atoms with E-state index in [9.17, 15) is 4.79 Å². The smallest absolute Gasteiger partial charge is 0.254 e. The Hall–Kier alpha value is -2.96. The summed E-state index contributed by atoms with van der Waals surface area (Å²) in [7, 11) is 0. The zero-order valence-electron chi connectivity index (χ0n) is 18.8. The van der Waals surface area contributed by atoms with E-state index in [1.165, 1.54) is 16.7 Å². The Labute approximate surface area is 199 Å². The first-order valence-corrected chi connectivity index (χ1v) is 11.8. The van der Waals surface area contributed by atoms with Gasteiger partial charge >= 0.3 is 0 Å². The van der Waals surface area contributed by atoms with E-state index in [0.717, 1.165) is 36.5 Å². The van der Waals surface area contributed by atoms with Gasteiger partial charge < -0.3 is 15.3 Å². The summed E-state index contributed by atoms with van der Waals surface area (Å²) in [5.41, 5.74) is 4.83. The minimum Gasteiger partial charge on any atom is -0.395 e. The zero-order chi connectivity index (χ0) is 23.2. The van der Waals surface area contributed by atoms with Gasteiger partial charge in [-0.05, 0) is 61.4 Å². The fraction of sp³-hybridized carbons (Fsp3) is 0.346. The molecule has 1 amide bonds. The van der Waals surface area contributed by atoms with Crippen LogP contribution in [0.2, 0.25) is 5.02 Å². The Morgan fingerprint density at radius 1 is 1.18 bits per heavy atom. The number of carbonyl (C=O) groups is 1. The normalized spacial score (nSPS) is 15.6. The topological polar surface area (TPSA) is 78.4 Å². The second-order valence-electron chi connectivity index (χ2n) is 8.34. The molecule has 0 saturated carbocycles. The van der Waals surface area contributed by atoms with Crippen molar-refractivity contribution in [3.8, 4) is 0 Å². The van der Waals surface area contributed by atoms with E-state index in [1.807, 2.05) is 24.3 Å². The number of benzene rings is 2. The number of amides is 1. The summed E-state index contributed by atoms with van der Waals surface area (Å²) in [6.45, 7) is 3.04. The van der Waals surface area contributed by atoms with Crippen molar-refractivity contribution in [1.29, 1.82) is 0 Å². The number of aromatic nitrogens is 2. The minimum absolute atomic E-state index is 0.111. The maximum atomic E-state index is 12.7. The van der Waals surface area contributed by atoms with Gasteiger partial charge in [0.25, 0.3) is 5.91 Å². The number of hydrogen-bond donors (Lipinski definition) is 2. The summed E-state index contributed by atoms with van der Waals surface area (Å²) in [6.07, 6.45) is 5.10. The molecule has 1 aromatic heterocycles. The molecule has 2 aromatic carbocycles. The molecule has 1 aliphatic rings. The van der Waals surface area contributed by atoms with Crippen LogP contribution in [0.15, 0.2) is 54.7 Å². The van der Waals surface area contributed by atoms with Crippen LogP contribution in [0, 0.1) is 6.92 Å². The number of carbonyl (C=O) groups excluding carboxylic acids is 1. The lowest BCUT2D eigenvalue weighted by atomic mass is 10.0. The highest BCUT2D eigenvalue weighted by atomic mass is 35.5. The fourth-order valence-electron chi connectivity index (χ4n) is 4.37. The van der Waals surface area contributed by atoms with E-state index >= 15 is 0 Å². The molecule has 4 rings (SSSR count). The van der Waals surface area contributed by atoms with Crippen molar-refractivity contribution >= 4 is 23.5 Å². The Bertz CT molecular complexity index is 1100. The molecular formula is C26H29ClN4O2. The molecule has 1 fully saturated rings. The van der Waals surface area contributed by atoms with Crippen molar-refractivity contribution in [3.63, 3.8) is 0 Å². The van der Waals surface area contributed by atoms with Gasteiger partial charge in [0.1, 0.15) is 0 Å². The van der Waals surface area contributed by atoms with Crippen LogP contribution in [0.25, 0.3) is 0 Å². The van der Waals surface area contributed by atoms with Crippen LogP contribution >= 0.6 is 11.6 Å². The van der Waals surface area contributed by atoms with Gasteiger partial charge in [0.05, 0.1) is 23.9 Å². The van der Waals surface area contributed by atoms with Crippen LogP contribution in [0.5, 0.6) is 0 Å². The summed E-state index contributed by atoms with van der Waals surface area (Å²) in [4.78, 5) is 24.4. The second-order valence-corrected chi connectivity index (χ2v) is 8.78. The molecule has 3 aromatic rings. The number of nitrogens with one attached hydrogen (secondary N) is 1. The average molecular weight is 465 g/mol. The molecule has 2 N–H and O–H groups in total. The van der Waals surface area contributed by atoms with E-state index < -0.39 is 0 Å². The Morgan fingerprint density at radius 2 is 1.97 bits per heavy atom. The maximum Gasteiger partial charge on any atom is 0.254 e. The summed E-state index contributed by atoms with van der Waals surface area (Å²) in [5, 5.41) is 12.5. The first-order chi connectivity index (χ1) is 16.1. The average Bonchev–Trinajstić information content (AvgIpc) is 3.32. The molecule has 1 saturated heterocycles. The van der Waals surface area contributed by atoms with Gasteiger partial charge in [-0.3, -0.25) is 4.79 Å². The van der Waals surface area contributed by atoms with Gasteiger partial charge in [0, 0.05) is 24.3 Å². The predicted molar refractivity (Wildman–Crippen MR) is 131 cm³/mol. The van der Waals surface area contributed by atoms with Gasteiger partial charge in [0.2, 0.25) is 5.95 Å². The van der Waals surface area contributed by atoms with Crippen molar-refractivity contribution in [2.75, 3.05) is 24.6 Å². The number of halogens is 1. The Balaban J connectivity index is 1.63. The molecular weight excluding hydrogens is 436 g/mol. The van der Waals surface area contributed by atoms with Crippen molar-refractivity contribution in [3.05, 3.63) is 87.7 Å². The van der Waals surface area contributed by atoms with Crippen LogP contribution in [0.3, 0.4) is 0 Å². The Kier molecular flexibility index (Phi) is 7.57. The third-order valence-corrected chi connectivity index (χ3v) is 6.41. The van der Waals surface area contributed by atoms with Crippen LogP contribution in [-0.4, -0.2) is 40.7 Å². The van der Waals surface area contributed by atoms with E-state index in [0.29, 0.717) is 17.9 Å². The van der Waals surface area contributed by atoms with Gasteiger partial charge in [0.15, 0.2) is 0 Å². The van der Waals surface area contributed by atoms with Crippen molar-refractivity contribution < 1.29 is 9.90 Å². The largest absolute Gasteiger partial charge is 0.395 e.